The fraction of sp³-hybridized carbons (Fsp3) is 0.550. The molecule has 1 N–H and O–H groups in total. The Morgan fingerprint density at radius 2 is 1.77 bits per heavy atom. The van der Waals surface area contributed by atoms with Gasteiger partial charge in [-0.05, 0) is 38.0 Å². The molecule has 2 aliphatic heterocycles. The van der Waals surface area contributed by atoms with E-state index in [1.54, 1.807) is 35.4 Å². The molecule has 0 spiro atoms. The van der Waals surface area contributed by atoms with Crippen molar-refractivity contribution in [2.45, 2.75) is 43.9 Å². The molecule has 0 aliphatic carbocycles. The van der Waals surface area contributed by atoms with Gasteiger partial charge in [0.05, 0.1) is 11.9 Å². The van der Waals surface area contributed by atoms with E-state index < -0.39 is 11.8 Å². The zero-order chi connectivity index (χ0) is 21.5. The fourth-order valence-electron chi connectivity index (χ4n) is 3.80. The summed E-state index contributed by atoms with van der Waals surface area (Å²) in [4.78, 5) is 16.4. The van der Waals surface area contributed by atoms with Gasteiger partial charge in [-0.1, -0.05) is 17.3 Å². The van der Waals surface area contributed by atoms with Crippen molar-refractivity contribution in [2.24, 2.45) is 0 Å². The van der Waals surface area contributed by atoms with Crippen LogP contribution in [0.25, 0.3) is 0 Å². The van der Waals surface area contributed by atoms with Gasteiger partial charge in [-0.25, -0.2) is 4.79 Å². The number of nitrogens with one attached hydrogen (secondary N) is 1. The fourth-order valence-corrected chi connectivity index (χ4v) is 3.80. The zero-order valence-electron chi connectivity index (χ0n) is 16.8. The van der Waals surface area contributed by atoms with Crippen LogP contribution in [0.4, 0.5) is 18.0 Å². The first-order valence-corrected chi connectivity index (χ1v) is 9.89. The Morgan fingerprint density at radius 1 is 1.10 bits per heavy atom. The van der Waals surface area contributed by atoms with Crippen LogP contribution in [-0.4, -0.2) is 69.2 Å². The Morgan fingerprint density at radius 3 is 2.37 bits per heavy atom. The van der Waals surface area contributed by atoms with E-state index in [0.29, 0.717) is 26.2 Å². The minimum absolute atomic E-state index is 0.0214. The minimum Gasteiger partial charge on any atom is -0.478 e. The summed E-state index contributed by atoms with van der Waals surface area (Å²) in [6.07, 6.45) is -1.88. The van der Waals surface area contributed by atoms with Gasteiger partial charge in [0.1, 0.15) is 5.75 Å². The van der Waals surface area contributed by atoms with Crippen molar-refractivity contribution >= 4 is 6.03 Å². The van der Waals surface area contributed by atoms with Gasteiger partial charge in [0.15, 0.2) is 5.60 Å². The van der Waals surface area contributed by atoms with Crippen molar-refractivity contribution in [1.29, 1.82) is 0 Å². The van der Waals surface area contributed by atoms with Crippen molar-refractivity contribution in [3.05, 3.63) is 41.7 Å². The van der Waals surface area contributed by atoms with Gasteiger partial charge in [0.2, 0.25) is 0 Å². The minimum atomic E-state index is -4.46. The van der Waals surface area contributed by atoms with Crippen LogP contribution in [0.2, 0.25) is 0 Å². The third-order valence-corrected chi connectivity index (χ3v) is 5.89. The summed E-state index contributed by atoms with van der Waals surface area (Å²) in [5.41, 5.74) is -0.324. The summed E-state index contributed by atoms with van der Waals surface area (Å²) in [5.74, 6) is 0.577. The lowest BCUT2D eigenvalue weighted by Crippen LogP contribution is -2.53. The number of halogens is 3. The van der Waals surface area contributed by atoms with Crippen molar-refractivity contribution in [3.63, 3.8) is 0 Å². The standard InChI is InChI=1S/C20H24F3N5O2/c1-19(2,20(21,22)23)30-16-5-3-13(4-6-16)15-11-28(12-15)18(29)27-8-7-14(10-27)17-9-24-26-25-17/h3-6,9,14-15H,7-8,10-12H2,1-2H3,(H,24,25,26)/t14-/m0/s1. The maximum Gasteiger partial charge on any atom is 0.427 e. The molecule has 10 heteroatoms. The first-order valence-electron chi connectivity index (χ1n) is 9.89. The number of H-pyrrole nitrogens is 1. The van der Waals surface area contributed by atoms with E-state index in [4.69, 9.17) is 4.74 Å². The zero-order valence-corrected chi connectivity index (χ0v) is 16.8. The summed E-state index contributed by atoms with van der Waals surface area (Å²) in [6, 6.07) is 6.66. The van der Waals surface area contributed by atoms with E-state index in [0.717, 1.165) is 31.5 Å². The monoisotopic (exact) mass is 423 g/mol. The molecule has 2 saturated heterocycles. The van der Waals surface area contributed by atoms with Crippen LogP contribution in [0.3, 0.4) is 0 Å². The maximum atomic E-state index is 13.0. The molecule has 0 bridgehead atoms. The summed E-state index contributed by atoms with van der Waals surface area (Å²) in [7, 11) is 0. The molecule has 4 rings (SSSR count). The molecule has 2 amide bonds. The smallest absolute Gasteiger partial charge is 0.427 e. The number of aromatic nitrogens is 3. The molecule has 30 heavy (non-hydrogen) atoms. The lowest BCUT2D eigenvalue weighted by atomic mass is 9.91. The number of urea groups is 1. The number of carbonyl (C=O) groups excluding carboxylic acids is 1. The number of hydrogen-bond donors (Lipinski definition) is 1. The van der Waals surface area contributed by atoms with Crippen LogP contribution in [-0.2, 0) is 0 Å². The van der Waals surface area contributed by atoms with Crippen LogP contribution in [0.1, 0.15) is 43.4 Å². The molecule has 162 valence electrons. The third-order valence-electron chi connectivity index (χ3n) is 5.89. The molecule has 0 saturated carbocycles. The Balaban J connectivity index is 1.29. The SMILES string of the molecule is CC(C)(Oc1ccc(C2CN(C(=O)N3CC[C@H](c4cnn[nH]4)C3)C2)cc1)C(F)(F)F. The first kappa shape index (κ1) is 20.5. The van der Waals surface area contributed by atoms with E-state index >= 15 is 0 Å². The topological polar surface area (TPSA) is 74.3 Å². The van der Waals surface area contributed by atoms with Gasteiger partial charge in [-0.2, -0.15) is 13.2 Å². The molecule has 1 aromatic carbocycles. The molecular weight excluding hydrogens is 399 g/mol. The average Bonchev–Trinajstić information content (AvgIpc) is 3.32. The Labute approximate surface area is 172 Å². The lowest BCUT2D eigenvalue weighted by Gasteiger charge is -2.41. The van der Waals surface area contributed by atoms with Crippen LogP contribution in [0.15, 0.2) is 30.5 Å². The lowest BCUT2D eigenvalue weighted by molar-refractivity contribution is -0.234. The van der Waals surface area contributed by atoms with Crippen molar-refractivity contribution in [2.75, 3.05) is 26.2 Å². The normalized spacial score (nSPS) is 20.4. The summed E-state index contributed by atoms with van der Waals surface area (Å²) >= 11 is 0. The van der Waals surface area contributed by atoms with Gasteiger partial charge in [0.25, 0.3) is 0 Å². The Hall–Kier alpha value is -2.78. The first-order chi connectivity index (χ1) is 14.1. The Kier molecular flexibility index (Phi) is 5.11. The quantitative estimate of drug-likeness (QED) is 0.817. The van der Waals surface area contributed by atoms with E-state index in [-0.39, 0.29) is 23.6 Å². The van der Waals surface area contributed by atoms with Crippen LogP contribution < -0.4 is 4.74 Å². The molecule has 3 heterocycles. The highest BCUT2D eigenvalue weighted by Gasteiger charge is 2.49. The van der Waals surface area contributed by atoms with Crippen molar-refractivity contribution in [3.8, 4) is 5.75 Å². The number of rotatable bonds is 4. The van der Waals surface area contributed by atoms with Crippen molar-refractivity contribution < 1.29 is 22.7 Å². The van der Waals surface area contributed by atoms with Gasteiger partial charge >= 0.3 is 12.2 Å². The predicted octanol–water partition coefficient (Wildman–Crippen LogP) is 3.53. The van der Waals surface area contributed by atoms with Crippen LogP contribution in [0.5, 0.6) is 5.75 Å². The average molecular weight is 423 g/mol. The highest BCUT2D eigenvalue weighted by atomic mass is 19.4. The van der Waals surface area contributed by atoms with Gasteiger partial charge in [-0.15, -0.1) is 5.10 Å². The highest BCUT2D eigenvalue weighted by Crippen LogP contribution is 2.35. The van der Waals surface area contributed by atoms with Crippen LogP contribution in [0, 0.1) is 0 Å². The number of ether oxygens (including phenoxy) is 1. The van der Waals surface area contributed by atoms with Gasteiger partial charge in [0, 0.05) is 38.0 Å². The van der Waals surface area contributed by atoms with Gasteiger partial charge < -0.3 is 14.5 Å². The molecule has 0 radical (unpaired) electrons. The van der Waals surface area contributed by atoms with Crippen molar-refractivity contribution in [1.82, 2.24) is 25.2 Å². The van der Waals surface area contributed by atoms with Crippen LogP contribution >= 0.6 is 0 Å². The van der Waals surface area contributed by atoms with E-state index in [1.807, 2.05) is 4.90 Å². The van der Waals surface area contributed by atoms with E-state index in [9.17, 15) is 18.0 Å². The molecule has 0 unspecified atom stereocenters. The number of hydrogen-bond acceptors (Lipinski definition) is 4. The molecule has 1 atom stereocenters. The maximum absolute atomic E-state index is 13.0. The number of carbonyl (C=O) groups is 1. The van der Waals surface area contributed by atoms with Gasteiger partial charge in [-0.3, -0.25) is 5.10 Å². The number of alkyl halides is 3. The molecule has 2 fully saturated rings. The summed E-state index contributed by atoms with van der Waals surface area (Å²) in [6.45, 7) is 4.54. The molecule has 7 nitrogen and oxygen atoms in total. The molecular formula is C20H24F3N5O2. The number of amides is 2. The summed E-state index contributed by atoms with van der Waals surface area (Å²) < 4.78 is 44.0. The van der Waals surface area contributed by atoms with E-state index in [1.165, 1.54) is 0 Å². The largest absolute Gasteiger partial charge is 0.478 e. The third kappa shape index (κ3) is 3.95. The number of likely N-dealkylation sites (tertiary alicyclic amines) is 2. The Bertz CT molecular complexity index is 877. The second kappa shape index (κ2) is 7.48. The molecule has 2 aromatic rings. The second-order valence-electron chi connectivity index (χ2n) is 8.41. The summed E-state index contributed by atoms with van der Waals surface area (Å²) in [5, 5.41) is 10.4. The number of nitrogens with zero attached hydrogens (tertiary/aromatic N) is 4. The highest BCUT2D eigenvalue weighted by molar-refractivity contribution is 5.76. The number of benzene rings is 1. The second-order valence-corrected chi connectivity index (χ2v) is 8.41. The van der Waals surface area contributed by atoms with E-state index in [2.05, 4.69) is 15.4 Å². The molecule has 2 aliphatic rings. The predicted molar refractivity (Wildman–Crippen MR) is 102 cm³/mol. The number of aromatic amines is 1. The molecule has 1 aromatic heterocycles.